The van der Waals surface area contributed by atoms with Crippen molar-refractivity contribution in [3.05, 3.63) is 59.3 Å². The van der Waals surface area contributed by atoms with E-state index in [2.05, 4.69) is 4.98 Å². The first kappa shape index (κ1) is 19.1. The number of carbonyl (C=O) groups is 1. The fraction of sp³-hybridized carbons (Fsp3) is 0.222. The second-order valence-corrected chi connectivity index (χ2v) is 8.69. The Balaban J connectivity index is 1.66. The van der Waals surface area contributed by atoms with E-state index < -0.39 is 22.5 Å². The standard InChI is InChI=1S/C18H18N2O5S2/c1-13-6-3-4-7-15(13)20(27(2,22)23)10-17(21)24-11-14-12-25-18(19-14)16-8-5-9-26-16/h3-9,12H,10-11H2,1-2H3. The Bertz CT molecular complexity index is 1030. The highest BCUT2D eigenvalue weighted by Crippen LogP contribution is 2.24. The smallest absolute Gasteiger partial charge is 0.327 e. The van der Waals surface area contributed by atoms with Crippen molar-refractivity contribution in [1.82, 2.24) is 4.98 Å². The van der Waals surface area contributed by atoms with E-state index in [0.717, 1.165) is 21.0 Å². The minimum atomic E-state index is -3.64. The van der Waals surface area contributed by atoms with E-state index in [1.54, 1.807) is 31.2 Å². The Kier molecular flexibility index (Phi) is 5.62. The molecule has 3 rings (SSSR count). The molecule has 0 aliphatic rings. The van der Waals surface area contributed by atoms with Crippen LogP contribution in [0.2, 0.25) is 0 Å². The molecule has 0 unspecified atom stereocenters. The molecule has 0 fully saturated rings. The molecular weight excluding hydrogens is 388 g/mol. The molecule has 9 heteroatoms. The van der Waals surface area contributed by atoms with Crippen molar-refractivity contribution in [3.63, 3.8) is 0 Å². The summed E-state index contributed by atoms with van der Waals surface area (Å²) in [7, 11) is -3.64. The molecule has 0 N–H and O–H groups in total. The van der Waals surface area contributed by atoms with Gasteiger partial charge >= 0.3 is 5.97 Å². The number of esters is 1. The van der Waals surface area contributed by atoms with Crippen molar-refractivity contribution in [2.45, 2.75) is 13.5 Å². The molecule has 0 radical (unpaired) electrons. The Labute approximate surface area is 161 Å². The zero-order valence-corrected chi connectivity index (χ0v) is 16.4. The first-order chi connectivity index (χ1) is 12.8. The van der Waals surface area contributed by atoms with Crippen LogP contribution in [0.15, 0.2) is 52.5 Å². The topological polar surface area (TPSA) is 89.7 Å². The van der Waals surface area contributed by atoms with Crippen molar-refractivity contribution in [1.29, 1.82) is 0 Å². The summed E-state index contributed by atoms with van der Waals surface area (Å²) < 4.78 is 35.8. The van der Waals surface area contributed by atoms with E-state index >= 15 is 0 Å². The molecule has 1 aromatic carbocycles. The summed E-state index contributed by atoms with van der Waals surface area (Å²) in [4.78, 5) is 17.3. The fourth-order valence-corrected chi connectivity index (χ4v) is 3.99. The Morgan fingerprint density at radius 3 is 2.70 bits per heavy atom. The van der Waals surface area contributed by atoms with Crippen LogP contribution in [-0.2, 0) is 26.2 Å². The second kappa shape index (κ2) is 7.93. The number of aryl methyl sites for hydroxylation is 1. The number of sulfonamides is 1. The molecule has 142 valence electrons. The number of anilines is 1. The molecule has 0 spiro atoms. The molecule has 0 saturated carbocycles. The molecule has 0 bridgehead atoms. The summed E-state index contributed by atoms with van der Waals surface area (Å²) >= 11 is 1.49. The summed E-state index contributed by atoms with van der Waals surface area (Å²) in [5.41, 5.74) is 1.64. The molecule has 2 aromatic heterocycles. The van der Waals surface area contributed by atoms with E-state index in [1.165, 1.54) is 17.6 Å². The van der Waals surface area contributed by atoms with Gasteiger partial charge in [-0.2, -0.15) is 0 Å². The normalized spacial score (nSPS) is 11.3. The molecule has 27 heavy (non-hydrogen) atoms. The number of benzene rings is 1. The Hall–Kier alpha value is -2.65. The van der Waals surface area contributed by atoms with Gasteiger partial charge in [-0.05, 0) is 30.0 Å². The average molecular weight is 406 g/mol. The van der Waals surface area contributed by atoms with E-state index in [4.69, 9.17) is 9.15 Å². The van der Waals surface area contributed by atoms with E-state index in [9.17, 15) is 13.2 Å². The molecule has 0 amide bonds. The molecule has 0 saturated heterocycles. The first-order valence-electron chi connectivity index (χ1n) is 8.02. The third-order valence-electron chi connectivity index (χ3n) is 3.72. The maximum atomic E-state index is 12.2. The van der Waals surface area contributed by atoms with Crippen molar-refractivity contribution < 1.29 is 22.4 Å². The third kappa shape index (κ3) is 4.75. The predicted octanol–water partition coefficient (Wildman–Crippen LogP) is 3.22. The van der Waals surface area contributed by atoms with Crippen LogP contribution in [0.4, 0.5) is 5.69 Å². The number of hydrogen-bond acceptors (Lipinski definition) is 7. The predicted molar refractivity (Wildman–Crippen MR) is 103 cm³/mol. The number of rotatable bonds is 7. The highest BCUT2D eigenvalue weighted by Gasteiger charge is 2.23. The zero-order chi connectivity index (χ0) is 19.4. The maximum Gasteiger partial charge on any atom is 0.327 e. The maximum absolute atomic E-state index is 12.2. The molecule has 2 heterocycles. The lowest BCUT2D eigenvalue weighted by Crippen LogP contribution is -2.36. The highest BCUT2D eigenvalue weighted by atomic mass is 32.2. The van der Waals surface area contributed by atoms with Crippen LogP contribution in [0.5, 0.6) is 0 Å². The van der Waals surface area contributed by atoms with Crippen LogP contribution in [0.25, 0.3) is 10.8 Å². The van der Waals surface area contributed by atoms with Crippen molar-refractivity contribution in [2.24, 2.45) is 0 Å². The summed E-state index contributed by atoms with van der Waals surface area (Å²) in [6.45, 7) is 1.26. The molecule has 0 atom stereocenters. The van der Waals surface area contributed by atoms with Gasteiger partial charge in [0.25, 0.3) is 0 Å². The highest BCUT2D eigenvalue weighted by molar-refractivity contribution is 7.92. The minimum Gasteiger partial charge on any atom is -0.458 e. The first-order valence-corrected chi connectivity index (χ1v) is 10.7. The molecule has 3 aromatic rings. The molecule has 7 nitrogen and oxygen atoms in total. The van der Waals surface area contributed by atoms with Gasteiger partial charge in [-0.25, -0.2) is 13.4 Å². The third-order valence-corrected chi connectivity index (χ3v) is 5.71. The van der Waals surface area contributed by atoms with Gasteiger partial charge < -0.3 is 9.15 Å². The lowest BCUT2D eigenvalue weighted by Gasteiger charge is -2.23. The van der Waals surface area contributed by atoms with Crippen LogP contribution in [0.3, 0.4) is 0 Å². The van der Waals surface area contributed by atoms with Crippen LogP contribution in [0, 0.1) is 6.92 Å². The quantitative estimate of drug-likeness (QED) is 0.560. The number of thiophene rings is 1. The van der Waals surface area contributed by atoms with Gasteiger partial charge in [0.2, 0.25) is 15.9 Å². The summed E-state index contributed by atoms with van der Waals surface area (Å²) in [6, 6.07) is 10.7. The van der Waals surface area contributed by atoms with Crippen LogP contribution in [0.1, 0.15) is 11.3 Å². The van der Waals surface area contributed by atoms with E-state index in [0.29, 0.717) is 17.3 Å². The average Bonchev–Trinajstić information content (AvgIpc) is 3.29. The fourth-order valence-electron chi connectivity index (χ4n) is 2.43. The number of ether oxygens (including phenoxy) is 1. The van der Waals surface area contributed by atoms with Crippen LogP contribution >= 0.6 is 11.3 Å². The van der Waals surface area contributed by atoms with Crippen LogP contribution in [-0.4, -0.2) is 32.2 Å². The van der Waals surface area contributed by atoms with Crippen LogP contribution < -0.4 is 4.31 Å². The zero-order valence-electron chi connectivity index (χ0n) is 14.8. The van der Waals surface area contributed by atoms with Gasteiger partial charge in [-0.15, -0.1) is 11.3 Å². The summed E-state index contributed by atoms with van der Waals surface area (Å²) in [6.07, 6.45) is 2.47. The van der Waals surface area contributed by atoms with Gasteiger partial charge in [-0.3, -0.25) is 9.10 Å². The van der Waals surface area contributed by atoms with Gasteiger partial charge in [0.05, 0.1) is 16.8 Å². The number of hydrogen-bond donors (Lipinski definition) is 0. The largest absolute Gasteiger partial charge is 0.458 e. The van der Waals surface area contributed by atoms with Crippen molar-refractivity contribution in [3.8, 4) is 10.8 Å². The number of aromatic nitrogens is 1. The number of carbonyl (C=O) groups excluding carboxylic acids is 1. The number of nitrogens with zero attached hydrogens (tertiary/aromatic N) is 2. The molecule has 0 aliphatic heterocycles. The van der Waals surface area contributed by atoms with E-state index in [-0.39, 0.29) is 6.61 Å². The van der Waals surface area contributed by atoms with Gasteiger partial charge in [-0.1, -0.05) is 24.3 Å². The minimum absolute atomic E-state index is 0.0981. The second-order valence-electron chi connectivity index (χ2n) is 5.84. The van der Waals surface area contributed by atoms with E-state index in [1.807, 2.05) is 17.5 Å². The van der Waals surface area contributed by atoms with Crippen molar-refractivity contribution >= 4 is 33.0 Å². The Morgan fingerprint density at radius 1 is 1.26 bits per heavy atom. The number of para-hydroxylation sites is 1. The lowest BCUT2D eigenvalue weighted by molar-refractivity contribution is -0.143. The Morgan fingerprint density at radius 2 is 2.04 bits per heavy atom. The monoisotopic (exact) mass is 406 g/mol. The molecule has 0 aliphatic carbocycles. The summed E-state index contributed by atoms with van der Waals surface area (Å²) in [5, 5.41) is 1.91. The SMILES string of the molecule is Cc1ccccc1N(CC(=O)OCc1coc(-c2cccs2)n1)S(C)(=O)=O. The molecular formula is C18H18N2O5S2. The summed E-state index contributed by atoms with van der Waals surface area (Å²) in [5.74, 6) is -0.224. The lowest BCUT2D eigenvalue weighted by atomic mass is 10.2. The van der Waals surface area contributed by atoms with Gasteiger partial charge in [0, 0.05) is 0 Å². The van der Waals surface area contributed by atoms with Crippen molar-refractivity contribution in [2.75, 3.05) is 17.1 Å². The number of oxazole rings is 1. The van der Waals surface area contributed by atoms with Gasteiger partial charge in [0.1, 0.15) is 25.1 Å². The van der Waals surface area contributed by atoms with Gasteiger partial charge in [0.15, 0.2) is 0 Å².